The van der Waals surface area contributed by atoms with Crippen molar-refractivity contribution in [3.63, 3.8) is 0 Å². The van der Waals surface area contributed by atoms with Crippen molar-refractivity contribution < 1.29 is 19.7 Å². The van der Waals surface area contributed by atoms with Crippen molar-refractivity contribution in [1.82, 2.24) is 4.90 Å². The van der Waals surface area contributed by atoms with Crippen LogP contribution in [0.4, 0.5) is 0 Å². The zero-order chi connectivity index (χ0) is 19.6. The summed E-state index contributed by atoms with van der Waals surface area (Å²) >= 11 is 0. The number of rotatable bonds is 3. The van der Waals surface area contributed by atoms with E-state index in [1.165, 1.54) is 6.42 Å². The zero-order valence-corrected chi connectivity index (χ0v) is 17.8. The molecule has 5 saturated carbocycles. The number of hydrogen-bond donors (Lipinski definition) is 2. The van der Waals surface area contributed by atoms with Gasteiger partial charge in [0.05, 0.1) is 23.9 Å². The van der Waals surface area contributed by atoms with E-state index >= 15 is 0 Å². The average Bonchev–Trinajstić information content (AvgIpc) is 3.10. The molecular weight excluding hydrogens is 354 g/mol. The molecule has 5 aliphatic carbocycles. The highest BCUT2D eigenvalue weighted by Crippen LogP contribution is 2.78. The summed E-state index contributed by atoms with van der Waals surface area (Å²) in [7, 11) is 3.66. The topological polar surface area (TPSA) is 62.2 Å². The highest BCUT2D eigenvalue weighted by atomic mass is 16.5. The van der Waals surface area contributed by atoms with Gasteiger partial charge in [0, 0.05) is 56.4 Å². The molecule has 28 heavy (non-hydrogen) atoms. The second kappa shape index (κ2) is 5.53. The molecule has 1 aliphatic heterocycles. The minimum absolute atomic E-state index is 0.00745. The van der Waals surface area contributed by atoms with Gasteiger partial charge in [-0.2, -0.15) is 0 Å². The van der Waals surface area contributed by atoms with Crippen LogP contribution in [0.1, 0.15) is 46.0 Å². The molecule has 0 aromatic carbocycles. The van der Waals surface area contributed by atoms with Crippen molar-refractivity contribution in [1.29, 1.82) is 0 Å². The predicted octanol–water partition coefficient (Wildman–Crippen LogP) is 1.90. The van der Waals surface area contributed by atoms with E-state index in [0.717, 1.165) is 32.4 Å². The van der Waals surface area contributed by atoms with E-state index in [1.54, 1.807) is 7.11 Å². The molecule has 0 radical (unpaired) electrons. The van der Waals surface area contributed by atoms with Gasteiger partial charge in [-0.25, -0.2) is 0 Å². The van der Waals surface area contributed by atoms with Crippen LogP contribution in [0.2, 0.25) is 0 Å². The van der Waals surface area contributed by atoms with Crippen molar-refractivity contribution in [2.24, 2.45) is 40.4 Å². The molecule has 0 unspecified atom stereocenters. The summed E-state index contributed by atoms with van der Waals surface area (Å²) < 4.78 is 12.1. The molecule has 0 aromatic heterocycles. The van der Waals surface area contributed by atoms with Crippen LogP contribution >= 0.6 is 0 Å². The molecule has 1 spiro atoms. The molecule has 0 aromatic rings. The smallest absolute Gasteiger partial charge is 0.0771 e. The second-order valence-corrected chi connectivity index (χ2v) is 11.3. The first-order valence-electron chi connectivity index (χ1n) is 11.6. The lowest BCUT2D eigenvalue weighted by Crippen LogP contribution is -2.75. The lowest BCUT2D eigenvalue weighted by Gasteiger charge is -2.69. The molecule has 5 heteroatoms. The van der Waals surface area contributed by atoms with Crippen LogP contribution in [-0.4, -0.2) is 72.4 Å². The standard InChI is InChI=1S/C23H37NO4/c1-5-24-11-21(2)7-6-17(28-4)23-13-8-12-15(27-3)10-22(26,18(13)19(12)25)14(20(23)24)9-16(21)23/h12-20,25-26H,5-11H2,1-4H3/t12-,13-,14-,15+,16+,17-,18-,19+,20+,21-,22+,23+/m0/s1. The molecule has 1 heterocycles. The highest BCUT2D eigenvalue weighted by Gasteiger charge is 2.83. The summed E-state index contributed by atoms with van der Waals surface area (Å²) in [5.41, 5.74) is -0.424. The molecule has 12 atom stereocenters. The van der Waals surface area contributed by atoms with Gasteiger partial charge in [0.1, 0.15) is 0 Å². The third kappa shape index (κ3) is 1.73. The summed E-state index contributed by atoms with van der Waals surface area (Å²) in [6.07, 6.45) is 4.90. The largest absolute Gasteiger partial charge is 0.392 e. The Balaban J connectivity index is 1.59. The van der Waals surface area contributed by atoms with E-state index in [4.69, 9.17) is 9.47 Å². The van der Waals surface area contributed by atoms with Gasteiger partial charge in [0.2, 0.25) is 0 Å². The fourth-order valence-corrected chi connectivity index (χ4v) is 10.4. The van der Waals surface area contributed by atoms with Gasteiger partial charge in [-0.3, -0.25) is 4.90 Å². The van der Waals surface area contributed by atoms with Gasteiger partial charge in [0.15, 0.2) is 0 Å². The molecule has 5 nitrogen and oxygen atoms in total. The first kappa shape index (κ1) is 18.6. The van der Waals surface area contributed by atoms with Crippen LogP contribution in [0.5, 0.6) is 0 Å². The Morgan fingerprint density at radius 2 is 1.93 bits per heavy atom. The Morgan fingerprint density at radius 1 is 1.14 bits per heavy atom. The van der Waals surface area contributed by atoms with Crippen LogP contribution in [-0.2, 0) is 9.47 Å². The summed E-state index contributed by atoms with van der Waals surface area (Å²) in [4.78, 5) is 2.70. The number of piperidine rings is 1. The number of hydrogen-bond acceptors (Lipinski definition) is 5. The lowest BCUT2D eigenvalue weighted by molar-refractivity contribution is -0.270. The van der Waals surface area contributed by atoms with E-state index < -0.39 is 11.7 Å². The van der Waals surface area contributed by atoms with Gasteiger partial charge in [0.25, 0.3) is 0 Å². The normalized spacial score (nSPS) is 64.3. The molecule has 158 valence electrons. The monoisotopic (exact) mass is 391 g/mol. The SMILES string of the molecule is CCN1C[C@]2(C)CC[C@H](OC)[C@@]34[C@@H]2C[C@@H]([C@@H]13)[C@]1(O)C[C@@H](OC)[C@@H]2C[C@H]4[C@H]1[C@@H]2O. The second-order valence-electron chi connectivity index (χ2n) is 11.3. The van der Waals surface area contributed by atoms with Gasteiger partial charge in [-0.1, -0.05) is 13.8 Å². The van der Waals surface area contributed by atoms with Crippen LogP contribution in [0.3, 0.4) is 0 Å². The number of likely N-dealkylation sites (tertiary alicyclic amines) is 1. The molecule has 6 rings (SSSR count). The minimum atomic E-state index is -0.804. The average molecular weight is 392 g/mol. The molecule has 7 bridgehead atoms. The van der Waals surface area contributed by atoms with Crippen LogP contribution < -0.4 is 0 Å². The molecular formula is C23H37NO4. The Labute approximate surface area is 168 Å². The molecule has 6 aliphatic rings. The van der Waals surface area contributed by atoms with E-state index in [2.05, 4.69) is 18.7 Å². The Hall–Kier alpha value is -0.200. The van der Waals surface area contributed by atoms with E-state index in [0.29, 0.717) is 29.7 Å². The number of fused-ring (bicyclic) bond motifs is 2. The van der Waals surface area contributed by atoms with Crippen molar-refractivity contribution in [2.45, 2.75) is 75.9 Å². The molecule has 0 amide bonds. The van der Waals surface area contributed by atoms with E-state index in [9.17, 15) is 10.2 Å². The summed E-state index contributed by atoms with van der Waals surface area (Å²) in [5.74, 6) is 1.32. The van der Waals surface area contributed by atoms with E-state index in [-0.39, 0.29) is 35.4 Å². The number of nitrogens with zero attached hydrogens (tertiary/aromatic N) is 1. The maximum Gasteiger partial charge on any atom is 0.0771 e. The number of ether oxygens (including phenoxy) is 2. The molecule has 6 fully saturated rings. The van der Waals surface area contributed by atoms with Gasteiger partial charge < -0.3 is 19.7 Å². The molecule has 1 saturated heterocycles. The predicted molar refractivity (Wildman–Crippen MR) is 105 cm³/mol. The summed E-state index contributed by atoms with van der Waals surface area (Å²) in [6, 6.07) is 0.383. The lowest BCUT2D eigenvalue weighted by atomic mass is 9.43. The van der Waals surface area contributed by atoms with Gasteiger partial charge >= 0.3 is 0 Å². The quantitative estimate of drug-likeness (QED) is 0.770. The Kier molecular flexibility index (Phi) is 3.67. The van der Waals surface area contributed by atoms with E-state index in [1.807, 2.05) is 7.11 Å². The fraction of sp³-hybridized carbons (Fsp3) is 1.00. The Morgan fingerprint density at radius 3 is 2.61 bits per heavy atom. The summed E-state index contributed by atoms with van der Waals surface area (Å²) in [6.45, 7) is 6.98. The first-order chi connectivity index (χ1) is 13.4. The maximum atomic E-state index is 12.3. The zero-order valence-electron chi connectivity index (χ0n) is 17.8. The third-order valence-corrected chi connectivity index (χ3v) is 10.9. The van der Waals surface area contributed by atoms with Crippen LogP contribution in [0, 0.1) is 40.4 Å². The third-order valence-electron chi connectivity index (χ3n) is 10.9. The maximum absolute atomic E-state index is 12.3. The van der Waals surface area contributed by atoms with Crippen molar-refractivity contribution in [3.05, 3.63) is 0 Å². The number of methoxy groups -OCH3 is 2. The number of aliphatic hydroxyl groups excluding tert-OH is 1. The van der Waals surface area contributed by atoms with Crippen LogP contribution in [0.15, 0.2) is 0 Å². The summed E-state index contributed by atoms with van der Waals surface area (Å²) in [5, 5.41) is 23.6. The number of aliphatic hydroxyl groups is 2. The van der Waals surface area contributed by atoms with Gasteiger partial charge in [-0.05, 0) is 49.5 Å². The Bertz CT molecular complexity index is 688. The highest BCUT2D eigenvalue weighted by molar-refractivity contribution is 5.32. The van der Waals surface area contributed by atoms with Crippen molar-refractivity contribution >= 4 is 0 Å². The minimum Gasteiger partial charge on any atom is -0.392 e. The molecule has 2 N–H and O–H groups in total. The first-order valence-corrected chi connectivity index (χ1v) is 11.6. The van der Waals surface area contributed by atoms with Crippen molar-refractivity contribution in [3.8, 4) is 0 Å². The fourth-order valence-electron chi connectivity index (χ4n) is 10.4. The van der Waals surface area contributed by atoms with Crippen molar-refractivity contribution in [2.75, 3.05) is 27.3 Å². The van der Waals surface area contributed by atoms with Crippen LogP contribution in [0.25, 0.3) is 0 Å². The van der Waals surface area contributed by atoms with Gasteiger partial charge in [-0.15, -0.1) is 0 Å².